The first kappa shape index (κ1) is 8.34. The van der Waals surface area contributed by atoms with Gasteiger partial charge in [0.15, 0.2) is 0 Å². The van der Waals surface area contributed by atoms with Crippen molar-refractivity contribution in [3.05, 3.63) is 23.7 Å². The highest BCUT2D eigenvalue weighted by molar-refractivity contribution is 5.13. The van der Waals surface area contributed by atoms with Crippen LogP contribution in [0.5, 0.6) is 0 Å². The molecule has 0 bridgehead atoms. The zero-order chi connectivity index (χ0) is 8.48. The molecule has 0 aromatic carbocycles. The Morgan fingerprint density at radius 3 is 2.27 bits per heavy atom. The number of rotatable bonds is 1. The lowest BCUT2D eigenvalue weighted by molar-refractivity contribution is 0.387. The Morgan fingerprint density at radius 2 is 2.00 bits per heavy atom. The van der Waals surface area contributed by atoms with Gasteiger partial charge in [-0.15, -0.1) is 0 Å². The first-order chi connectivity index (χ1) is 5.04. The Labute approximate surface area is 67.4 Å². The molecule has 0 aliphatic heterocycles. The van der Waals surface area contributed by atoms with Crippen LogP contribution in [0.1, 0.15) is 32.3 Å². The van der Waals surface area contributed by atoms with Crippen molar-refractivity contribution in [1.29, 1.82) is 0 Å². The van der Waals surface area contributed by atoms with Gasteiger partial charge in [0.2, 0.25) is 0 Å². The molecule has 0 spiro atoms. The molecule has 0 radical (unpaired) electrons. The van der Waals surface area contributed by atoms with Crippen LogP contribution in [-0.2, 0) is 12.0 Å². The van der Waals surface area contributed by atoms with Crippen molar-refractivity contribution in [2.24, 2.45) is 5.73 Å². The first-order valence-electron chi connectivity index (χ1n) is 3.83. The van der Waals surface area contributed by atoms with Gasteiger partial charge in [-0.1, -0.05) is 20.8 Å². The van der Waals surface area contributed by atoms with Crippen LogP contribution in [0, 0.1) is 0 Å². The molecular weight excluding hydrogens is 138 g/mol. The summed E-state index contributed by atoms with van der Waals surface area (Å²) < 4.78 is 5.47. The van der Waals surface area contributed by atoms with E-state index in [2.05, 4.69) is 20.8 Å². The maximum absolute atomic E-state index is 5.47. The van der Waals surface area contributed by atoms with Crippen LogP contribution < -0.4 is 5.73 Å². The van der Waals surface area contributed by atoms with Crippen LogP contribution in [0.25, 0.3) is 0 Å². The van der Waals surface area contributed by atoms with Gasteiger partial charge in [-0.3, -0.25) is 0 Å². The smallest absolute Gasteiger partial charge is 0.117 e. The van der Waals surface area contributed by atoms with Crippen molar-refractivity contribution in [1.82, 2.24) is 0 Å². The van der Waals surface area contributed by atoms with E-state index in [1.165, 1.54) is 0 Å². The molecule has 2 nitrogen and oxygen atoms in total. The van der Waals surface area contributed by atoms with Gasteiger partial charge in [0.05, 0.1) is 6.54 Å². The van der Waals surface area contributed by atoms with Gasteiger partial charge in [0, 0.05) is 5.41 Å². The van der Waals surface area contributed by atoms with E-state index >= 15 is 0 Å². The Kier molecular flexibility index (Phi) is 2.05. The molecule has 1 rings (SSSR count). The fraction of sp³-hybridized carbons (Fsp3) is 0.556. The van der Waals surface area contributed by atoms with Crippen molar-refractivity contribution >= 4 is 0 Å². The Balaban J connectivity index is 2.89. The van der Waals surface area contributed by atoms with E-state index in [-0.39, 0.29) is 5.41 Å². The molecule has 62 valence electrons. The molecule has 1 aromatic rings. The third-order valence-corrected chi connectivity index (χ3v) is 1.60. The van der Waals surface area contributed by atoms with Crippen molar-refractivity contribution in [2.75, 3.05) is 0 Å². The lowest BCUT2D eigenvalue weighted by Gasteiger charge is -2.13. The fourth-order valence-electron chi connectivity index (χ4n) is 0.891. The van der Waals surface area contributed by atoms with Crippen molar-refractivity contribution in [3.63, 3.8) is 0 Å². The molecule has 1 heterocycles. The average molecular weight is 153 g/mol. The second-order valence-electron chi connectivity index (χ2n) is 3.72. The standard InChI is InChI=1S/C9H15NO/c1-9(2,3)8-5-4-7(6-10)11-8/h4-5H,6,10H2,1-3H3. The van der Waals surface area contributed by atoms with Crippen LogP contribution in [-0.4, -0.2) is 0 Å². The van der Waals surface area contributed by atoms with Crippen LogP contribution in [0.4, 0.5) is 0 Å². The Hall–Kier alpha value is -0.760. The second-order valence-corrected chi connectivity index (χ2v) is 3.72. The monoisotopic (exact) mass is 153 g/mol. The fourth-order valence-corrected chi connectivity index (χ4v) is 0.891. The van der Waals surface area contributed by atoms with E-state index in [9.17, 15) is 0 Å². The predicted molar refractivity (Wildman–Crippen MR) is 45.3 cm³/mol. The zero-order valence-electron chi connectivity index (χ0n) is 7.35. The third kappa shape index (κ3) is 1.84. The highest BCUT2D eigenvalue weighted by Gasteiger charge is 2.17. The summed E-state index contributed by atoms with van der Waals surface area (Å²) >= 11 is 0. The SMILES string of the molecule is CC(C)(C)c1ccc(CN)o1. The van der Waals surface area contributed by atoms with Crippen molar-refractivity contribution in [2.45, 2.75) is 32.7 Å². The van der Waals surface area contributed by atoms with E-state index in [0.717, 1.165) is 11.5 Å². The zero-order valence-corrected chi connectivity index (χ0v) is 7.35. The summed E-state index contributed by atoms with van der Waals surface area (Å²) in [6.07, 6.45) is 0. The summed E-state index contributed by atoms with van der Waals surface area (Å²) in [5.41, 5.74) is 5.50. The minimum absolute atomic E-state index is 0.0907. The molecule has 0 saturated heterocycles. The minimum atomic E-state index is 0.0907. The third-order valence-electron chi connectivity index (χ3n) is 1.60. The molecule has 0 saturated carbocycles. The molecule has 0 aliphatic carbocycles. The van der Waals surface area contributed by atoms with E-state index < -0.39 is 0 Å². The average Bonchev–Trinajstić information content (AvgIpc) is 2.32. The largest absolute Gasteiger partial charge is 0.464 e. The molecule has 0 fully saturated rings. The first-order valence-corrected chi connectivity index (χ1v) is 3.83. The van der Waals surface area contributed by atoms with Gasteiger partial charge in [-0.05, 0) is 12.1 Å². The molecule has 2 N–H and O–H groups in total. The number of furan rings is 1. The predicted octanol–water partition coefficient (Wildman–Crippen LogP) is 2.04. The van der Waals surface area contributed by atoms with Crippen molar-refractivity contribution < 1.29 is 4.42 Å². The van der Waals surface area contributed by atoms with Gasteiger partial charge in [-0.25, -0.2) is 0 Å². The maximum atomic E-state index is 5.47. The molecule has 0 unspecified atom stereocenters. The van der Waals surface area contributed by atoms with Crippen molar-refractivity contribution in [3.8, 4) is 0 Å². The van der Waals surface area contributed by atoms with Gasteiger partial charge < -0.3 is 10.2 Å². The summed E-state index contributed by atoms with van der Waals surface area (Å²) in [5, 5.41) is 0. The molecule has 1 aromatic heterocycles. The molecular formula is C9H15NO. The van der Waals surface area contributed by atoms with Crippen LogP contribution in [0.15, 0.2) is 16.5 Å². The number of hydrogen-bond donors (Lipinski definition) is 1. The molecule has 0 aliphatic rings. The van der Waals surface area contributed by atoms with Crippen LogP contribution in [0.3, 0.4) is 0 Å². The number of hydrogen-bond acceptors (Lipinski definition) is 2. The van der Waals surface area contributed by atoms with E-state index in [1.807, 2.05) is 12.1 Å². The molecule has 11 heavy (non-hydrogen) atoms. The van der Waals surface area contributed by atoms with Gasteiger partial charge in [-0.2, -0.15) is 0 Å². The van der Waals surface area contributed by atoms with Crippen LogP contribution in [0.2, 0.25) is 0 Å². The quantitative estimate of drug-likeness (QED) is 0.670. The minimum Gasteiger partial charge on any atom is -0.464 e. The maximum Gasteiger partial charge on any atom is 0.117 e. The second kappa shape index (κ2) is 2.70. The summed E-state index contributed by atoms with van der Waals surface area (Å²) in [6, 6.07) is 3.92. The highest BCUT2D eigenvalue weighted by atomic mass is 16.3. The molecule has 0 amide bonds. The van der Waals surface area contributed by atoms with Crippen LogP contribution >= 0.6 is 0 Å². The lowest BCUT2D eigenvalue weighted by atomic mass is 9.94. The highest BCUT2D eigenvalue weighted by Crippen LogP contribution is 2.23. The Morgan fingerprint density at radius 1 is 1.36 bits per heavy atom. The van der Waals surface area contributed by atoms with Gasteiger partial charge >= 0.3 is 0 Å². The lowest BCUT2D eigenvalue weighted by Crippen LogP contribution is -2.09. The normalized spacial score (nSPS) is 12.0. The molecule has 2 heteroatoms. The van der Waals surface area contributed by atoms with Gasteiger partial charge in [0.25, 0.3) is 0 Å². The number of nitrogens with two attached hydrogens (primary N) is 1. The molecule has 0 atom stereocenters. The van der Waals surface area contributed by atoms with E-state index in [4.69, 9.17) is 10.2 Å². The van der Waals surface area contributed by atoms with Gasteiger partial charge in [0.1, 0.15) is 11.5 Å². The topological polar surface area (TPSA) is 39.2 Å². The van der Waals surface area contributed by atoms with E-state index in [1.54, 1.807) is 0 Å². The summed E-state index contributed by atoms with van der Waals surface area (Å²) in [4.78, 5) is 0. The van der Waals surface area contributed by atoms with E-state index in [0.29, 0.717) is 6.54 Å². The summed E-state index contributed by atoms with van der Waals surface area (Å²) in [6.45, 7) is 6.83. The summed E-state index contributed by atoms with van der Waals surface area (Å²) in [5.74, 6) is 1.85. The summed E-state index contributed by atoms with van der Waals surface area (Å²) in [7, 11) is 0. The Bertz CT molecular complexity index is 232.